The summed E-state index contributed by atoms with van der Waals surface area (Å²) in [6.45, 7) is 0. The second-order valence-electron chi connectivity index (χ2n) is 4.66. The zero-order valence-corrected chi connectivity index (χ0v) is 12.1. The fourth-order valence-electron chi connectivity index (χ4n) is 2.36. The number of benzene rings is 2. The first-order chi connectivity index (χ1) is 9.81. The van der Waals surface area contributed by atoms with Crippen LogP contribution in [0.25, 0.3) is 31.6 Å². The van der Waals surface area contributed by atoms with Crippen LogP contribution in [0.4, 0.5) is 0 Å². The Hall–Kier alpha value is -1.90. The Kier molecular flexibility index (Phi) is 2.72. The third kappa shape index (κ3) is 1.89. The van der Waals surface area contributed by atoms with Gasteiger partial charge in [0, 0.05) is 10.1 Å². The first kappa shape index (κ1) is 11.9. The molecule has 0 saturated heterocycles. The van der Waals surface area contributed by atoms with Crippen LogP contribution >= 0.6 is 22.9 Å². The largest absolute Gasteiger partial charge is 0.245 e. The van der Waals surface area contributed by atoms with Crippen molar-refractivity contribution in [2.75, 3.05) is 0 Å². The summed E-state index contributed by atoms with van der Waals surface area (Å²) in [5.41, 5.74) is 1.84. The van der Waals surface area contributed by atoms with E-state index in [0.717, 1.165) is 16.6 Å². The van der Waals surface area contributed by atoms with E-state index in [1.165, 1.54) is 15.0 Å². The van der Waals surface area contributed by atoms with Crippen molar-refractivity contribution in [3.8, 4) is 10.6 Å². The Morgan fingerprint density at radius 3 is 2.60 bits per heavy atom. The first-order valence-electron chi connectivity index (χ1n) is 6.35. The van der Waals surface area contributed by atoms with E-state index in [2.05, 4.69) is 42.5 Å². The van der Waals surface area contributed by atoms with Gasteiger partial charge in [0.2, 0.25) is 0 Å². The molecule has 0 N–H and O–H groups in total. The number of hydrogen-bond acceptors (Lipinski definition) is 2. The molecule has 0 radical (unpaired) electrons. The monoisotopic (exact) mass is 295 g/mol. The smallest absolute Gasteiger partial charge is 0.0895 e. The highest BCUT2D eigenvalue weighted by Gasteiger charge is 2.07. The third-order valence-electron chi connectivity index (χ3n) is 3.35. The highest BCUT2D eigenvalue weighted by Crippen LogP contribution is 2.33. The zero-order chi connectivity index (χ0) is 13.5. The normalized spacial score (nSPS) is 11.2. The van der Waals surface area contributed by atoms with E-state index in [-0.39, 0.29) is 0 Å². The molecule has 20 heavy (non-hydrogen) atoms. The molecule has 2 aromatic carbocycles. The van der Waals surface area contributed by atoms with Crippen LogP contribution in [0.1, 0.15) is 0 Å². The van der Waals surface area contributed by atoms with Crippen LogP contribution < -0.4 is 0 Å². The van der Waals surface area contributed by atoms with Gasteiger partial charge in [-0.15, -0.1) is 11.3 Å². The lowest BCUT2D eigenvalue weighted by Crippen LogP contribution is -1.83. The SMILES string of the molecule is Clc1cccc2ccc(-c3cc4ccccc4s3)nc12. The van der Waals surface area contributed by atoms with Gasteiger partial charge < -0.3 is 0 Å². The molecule has 0 amide bonds. The van der Waals surface area contributed by atoms with Crippen molar-refractivity contribution >= 4 is 43.9 Å². The van der Waals surface area contributed by atoms with Crippen molar-refractivity contribution in [1.29, 1.82) is 0 Å². The molecule has 0 atom stereocenters. The van der Waals surface area contributed by atoms with E-state index in [4.69, 9.17) is 16.6 Å². The summed E-state index contributed by atoms with van der Waals surface area (Å²) in [7, 11) is 0. The van der Waals surface area contributed by atoms with Gasteiger partial charge in [0.05, 0.1) is 21.1 Å². The van der Waals surface area contributed by atoms with Gasteiger partial charge in [0.25, 0.3) is 0 Å². The van der Waals surface area contributed by atoms with Crippen LogP contribution in [-0.2, 0) is 0 Å². The number of para-hydroxylation sites is 1. The summed E-state index contributed by atoms with van der Waals surface area (Å²) in [6, 6.07) is 20.6. The van der Waals surface area contributed by atoms with Gasteiger partial charge in [-0.1, -0.05) is 48.0 Å². The molecule has 4 aromatic rings. The number of thiophene rings is 1. The molecule has 2 heterocycles. The van der Waals surface area contributed by atoms with Gasteiger partial charge in [-0.2, -0.15) is 0 Å². The van der Waals surface area contributed by atoms with Gasteiger partial charge in [0.15, 0.2) is 0 Å². The van der Waals surface area contributed by atoms with Gasteiger partial charge in [-0.05, 0) is 29.7 Å². The number of nitrogens with zero attached hydrogens (tertiary/aromatic N) is 1. The predicted molar refractivity (Wildman–Crippen MR) is 87.6 cm³/mol. The first-order valence-corrected chi connectivity index (χ1v) is 7.55. The molecule has 0 unspecified atom stereocenters. The molecule has 0 aliphatic carbocycles. The van der Waals surface area contributed by atoms with Gasteiger partial charge in [0.1, 0.15) is 0 Å². The Morgan fingerprint density at radius 2 is 1.70 bits per heavy atom. The fourth-order valence-corrected chi connectivity index (χ4v) is 3.61. The molecule has 0 saturated carbocycles. The molecule has 0 fully saturated rings. The maximum absolute atomic E-state index is 6.24. The van der Waals surface area contributed by atoms with Crippen molar-refractivity contribution in [3.63, 3.8) is 0 Å². The molecule has 2 aromatic heterocycles. The highest BCUT2D eigenvalue weighted by molar-refractivity contribution is 7.22. The average Bonchev–Trinajstić information content (AvgIpc) is 2.91. The molecule has 1 nitrogen and oxygen atoms in total. The second-order valence-corrected chi connectivity index (χ2v) is 6.15. The maximum Gasteiger partial charge on any atom is 0.0895 e. The molecule has 0 aliphatic heterocycles. The molecule has 96 valence electrons. The van der Waals surface area contributed by atoms with E-state index < -0.39 is 0 Å². The molecule has 3 heteroatoms. The van der Waals surface area contributed by atoms with Crippen molar-refractivity contribution in [3.05, 3.63) is 65.7 Å². The summed E-state index contributed by atoms with van der Waals surface area (Å²) in [5.74, 6) is 0. The molecule has 0 aliphatic rings. The number of pyridine rings is 1. The van der Waals surface area contributed by atoms with Crippen LogP contribution in [0.2, 0.25) is 5.02 Å². The average molecular weight is 296 g/mol. The van der Waals surface area contributed by atoms with E-state index in [1.54, 1.807) is 11.3 Å². The summed E-state index contributed by atoms with van der Waals surface area (Å²) >= 11 is 8.00. The quantitative estimate of drug-likeness (QED) is 0.434. The molecule has 0 spiro atoms. The Balaban J connectivity index is 1.95. The molecule has 0 bridgehead atoms. The van der Waals surface area contributed by atoms with E-state index >= 15 is 0 Å². The standard InChI is InChI=1S/C17H10ClNS/c18-13-6-3-5-11-8-9-14(19-17(11)13)16-10-12-4-1-2-7-15(12)20-16/h1-10H. The number of fused-ring (bicyclic) bond motifs is 2. The van der Waals surface area contributed by atoms with E-state index in [9.17, 15) is 0 Å². The van der Waals surface area contributed by atoms with Crippen molar-refractivity contribution in [1.82, 2.24) is 4.98 Å². The molecule has 4 rings (SSSR count). The minimum atomic E-state index is 0.700. The second kappa shape index (κ2) is 4.58. The summed E-state index contributed by atoms with van der Waals surface area (Å²) < 4.78 is 1.28. The van der Waals surface area contributed by atoms with Crippen molar-refractivity contribution < 1.29 is 0 Å². The van der Waals surface area contributed by atoms with E-state index in [0.29, 0.717) is 5.02 Å². The van der Waals surface area contributed by atoms with Gasteiger partial charge in [-0.3, -0.25) is 0 Å². The van der Waals surface area contributed by atoms with E-state index in [1.807, 2.05) is 18.2 Å². The predicted octanol–water partition coefficient (Wildman–Crippen LogP) is 5.77. The van der Waals surface area contributed by atoms with Crippen molar-refractivity contribution in [2.45, 2.75) is 0 Å². The fraction of sp³-hybridized carbons (Fsp3) is 0. The zero-order valence-electron chi connectivity index (χ0n) is 10.5. The lowest BCUT2D eigenvalue weighted by molar-refractivity contribution is 1.42. The van der Waals surface area contributed by atoms with Gasteiger partial charge >= 0.3 is 0 Å². The van der Waals surface area contributed by atoms with Gasteiger partial charge in [-0.25, -0.2) is 4.98 Å². The van der Waals surface area contributed by atoms with Crippen LogP contribution in [-0.4, -0.2) is 4.98 Å². The van der Waals surface area contributed by atoms with Crippen LogP contribution in [0.3, 0.4) is 0 Å². The Labute approximate surface area is 125 Å². The van der Waals surface area contributed by atoms with Crippen LogP contribution in [0.15, 0.2) is 60.7 Å². The Bertz CT molecular complexity index is 893. The minimum Gasteiger partial charge on any atom is -0.245 e. The number of rotatable bonds is 1. The maximum atomic E-state index is 6.24. The summed E-state index contributed by atoms with van der Waals surface area (Å²) in [5, 5.41) is 3.03. The lowest BCUT2D eigenvalue weighted by atomic mass is 10.2. The topological polar surface area (TPSA) is 12.9 Å². The molecular weight excluding hydrogens is 286 g/mol. The summed E-state index contributed by atoms with van der Waals surface area (Å²) in [4.78, 5) is 5.89. The third-order valence-corrected chi connectivity index (χ3v) is 4.79. The Morgan fingerprint density at radius 1 is 0.850 bits per heavy atom. The number of halogens is 1. The van der Waals surface area contributed by atoms with Crippen LogP contribution in [0.5, 0.6) is 0 Å². The number of aromatic nitrogens is 1. The highest BCUT2D eigenvalue weighted by atomic mass is 35.5. The van der Waals surface area contributed by atoms with Crippen molar-refractivity contribution in [2.24, 2.45) is 0 Å². The minimum absolute atomic E-state index is 0.700. The molecular formula is C17H10ClNS. The number of hydrogen-bond donors (Lipinski definition) is 0. The lowest BCUT2D eigenvalue weighted by Gasteiger charge is -2.02. The van der Waals surface area contributed by atoms with Crippen LogP contribution in [0, 0.1) is 0 Å². The summed E-state index contributed by atoms with van der Waals surface area (Å²) in [6.07, 6.45) is 0.